The predicted octanol–water partition coefficient (Wildman–Crippen LogP) is 0.786. The van der Waals surface area contributed by atoms with Crippen molar-refractivity contribution in [3.8, 4) is 0 Å². The van der Waals surface area contributed by atoms with Gasteiger partial charge in [-0.05, 0) is 53.0 Å². The molecule has 0 unspecified atom stereocenters. The van der Waals surface area contributed by atoms with Gasteiger partial charge in [-0.2, -0.15) is 0 Å². The van der Waals surface area contributed by atoms with E-state index in [4.69, 9.17) is 0 Å². The van der Waals surface area contributed by atoms with E-state index in [2.05, 4.69) is 24.3 Å². The van der Waals surface area contributed by atoms with E-state index in [1.54, 1.807) is 19.0 Å². The quantitative estimate of drug-likeness (QED) is 0.594. The second-order valence-corrected chi connectivity index (χ2v) is 4.65. The van der Waals surface area contributed by atoms with Gasteiger partial charge in [0.2, 0.25) is 5.91 Å². The molecule has 0 fully saturated rings. The molecule has 16 heavy (non-hydrogen) atoms. The minimum Gasteiger partial charge on any atom is -0.349 e. The molecule has 0 spiro atoms. The van der Waals surface area contributed by atoms with E-state index in [-0.39, 0.29) is 5.91 Å². The number of carbonyl (C=O) groups excluding carboxylic acids is 1. The molecule has 0 bridgehead atoms. The first-order valence-corrected chi connectivity index (χ1v) is 6.09. The molecule has 4 heteroatoms. The first-order valence-electron chi connectivity index (χ1n) is 6.09. The summed E-state index contributed by atoms with van der Waals surface area (Å²) in [6.45, 7) is 3.16. The second kappa shape index (κ2) is 9.60. The minimum absolute atomic E-state index is 0.217. The molecule has 96 valence electrons. The van der Waals surface area contributed by atoms with Crippen LogP contribution in [0.4, 0.5) is 0 Å². The highest BCUT2D eigenvalue weighted by Gasteiger charge is 2.01. The van der Waals surface area contributed by atoms with Gasteiger partial charge in [0, 0.05) is 20.5 Å². The lowest BCUT2D eigenvalue weighted by Crippen LogP contribution is -2.24. The molecule has 0 radical (unpaired) electrons. The predicted molar refractivity (Wildman–Crippen MR) is 68.6 cm³/mol. The Kier molecular flexibility index (Phi) is 9.24. The average Bonchev–Trinajstić information content (AvgIpc) is 2.21. The van der Waals surface area contributed by atoms with Gasteiger partial charge in [-0.3, -0.25) is 4.79 Å². The molecule has 0 rings (SSSR count). The Morgan fingerprint density at radius 1 is 1.00 bits per heavy atom. The first-order chi connectivity index (χ1) is 7.54. The topological polar surface area (TPSA) is 35.6 Å². The summed E-state index contributed by atoms with van der Waals surface area (Å²) in [6.07, 6.45) is 4.03. The fraction of sp³-hybridized carbons (Fsp3) is 0.917. The summed E-state index contributed by atoms with van der Waals surface area (Å²) in [5.74, 6) is 0.217. The van der Waals surface area contributed by atoms with Crippen molar-refractivity contribution in [1.29, 1.82) is 0 Å². The highest BCUT2D eigenvalue weighted by molar-refractivity contribution is 5.75. The van der Waals surface area contributed by atoms with Gasteiger partial charge in [0.05, 0.1) is 0 Å². The number of nitrogens with one attached hydrogen (secondary N) is 1. The van der Waals surface area contributed by atoms with Crippen molar-refractivity contribution in [2.45, 2.75) is 25.7 Å². The Labute approximate surface area is 100.0 Å². The number of hydrogen-bond acceptors (Lipinski definition) is 3. The van der Waals surface area contributed by atoms with Gasteiger partial charge in [-0.1, -0.05) is 0 Å². The highest BCUT2D eigenvalue weighted by atomic mass is 16.2. The van der Waals surface area contributed by atoms with Gasteiger partial charge >= 0.3 is 0 Å². The van der Waals surface area contributed by atoms with Gasteiger partial charge in [0.1, 0.15) is 0 Å². The van der Waals surface area contributed by atoms with Gasteiger partial charge in [-0.25, -0.2) is 0 Å². The summed E-state index contributed by atoms with van der Waals surface area (Å²) in [6, 6.07) is 0. The summed E-state index contributed by atoms with van der Waals surface area (Å²) in [5, 5.41) is 3.36. The second-order valence-electron chi connectivity index (χ2n) is 4.65. The Morgan fingerprint density at radius 2 is 1.62 bits per heavy atom. The fourth-order valence-electron chi connectivity index (χ4n) is 1.39. The third kappa shape index (κ3) is 9.93. The molecule has 0 heterocycles. The number of amides is 1. The molecular weight excluding hydrogens is 202 g/mol. The Morgan fingerprint density at radius 3 is 2.19 bits per heavy atom. The maximum absolute atomic E-state index is 11.2. The van der Waals surface area contributed by atoms with E-state index in [1.165, 1.54) is 12.8 Å². The summed E-state index contributed by atoms with van der Waals surface area (Å²) in [7, 11) is 7.80. The molecule has 0 aromatic rings. The van der Waals surface area contributed by atoms with Crippen LogP contribution in [0, 0.1) is 0 Å². The number of hydrogen-bond donors (Lipinski definition) is 1. The number of carbonyl (C=O) groups is 1. The van der Waals surface area contributed by atoms with Gasteiger partial charge in [-0.15, -0.1) is 0 Å². The molecule has 1 N–H and O–H groups in total. The molecule has 0 aliphatic rings. The van der Waals surface area contributed by atoms with Crippen LogP contribution in [-0.4, -0.2) is 63.5 Å². The zero-order chi connectivity index (χ0) is 12.4. The third-order valence-electron chi connectivity index (χ3n) is 2.45. The van der Waals surface area contributed by atoms with Crippen LogP contribution in [0.2, 0.25) is 0 Å². The monoisotopic (exact) mass is 229 g/mol. The molecule has 4 nitrogen and oxygen atoms in total. The van der Waals surface area contributed by atoms with Crippen LogP contribution in [0.5, 0.6) is 0 Å². The lowest BCUT2D eigenvalue weighted by Gasteiger charge is -2.11. The third-order valence-corrected chi connectivity index (χ3v) is 2.45. The Balaban J connectivity index is 3.13. The number of nitrogens with zero attached hydrogens (tertiary/aromatic N) is 2. The van der Waals surface area contributed by atoms with Crippen LogP contribution in [0.3, 0.4) is 0 Å². The Bertz CT molecular complexity index is 181. The normalized spacial score (nSPS) is 10.8. The molecule has 0 atom stereocenters. The highest BCUT2D eigenvalue weighted by Crippen LogP contribution is 1.93. The molecule has 1 amide bonds. The van der Waals surface area contributed by atoms with Crippen molar-refractivity contribution in [3.05, 3.63) is 0 Å². The Hall–Kier alpha value is -0.610. The molecule has 0 aromatic carbocycles. The summed E-state index contributed by atoms with van der Waals surface area (Å²) in [4.78, 5) is 15.1. The molecule has 0 aliphatic heterocycles. The average molecular weight is 229 g/mol. The van der Waals surface area contributed by atoms with Crippen molar-refractivity contribution >= 4 is 5.91 Å². The maximum Gasteiger partial charge on any atom is 0.222 e. The SMILES string of the molecule is CN(C)CCCCNCCCC(=O)N(C)C. The van der Waals surface area contributed by atoms with Crippen molar-refractivity contribution in [2.75, 3.05) is 47.8 Å². The molecule has 0 aliphatic carbocycles. The minimum atomic E-state index is 0.217. The van der Waals surface area contributed by atoms with E-state index < -0.39 is 0 Å². The van der Waals surface area contributed by atoms with Crippen LogP contribution in [0.15, 0.2) is 0 Å². The van der Waals surface area contributed by atoms with Crippen molar-refractivity contribution < 1.29 is 4.79 Å². The van der Waals surface area contributed by atoms with Crippen LogP contribution in [-0.2, 0) is 4.79 Å². The zero-order valence-electron chi connectivity index (χ0n) is 11.3. The van der Waals surface area contributed by atoms with E-state index in [0.29, 0.717) is 6.42 Å². The van der Waals surface area contributed by atoms with Crippen LogP contribution < -0.4 is 5.32 Å². The number of unbranched alkanes of at least 4 members (excludes halogenated alkanes) is 1. The van der Waals surface area contributed by atoms with Gasteiger partial charge in [0.15, 0.2) is 0 Å². The first kappa shape index (κ1) is 15.4. The van der Waals surface area contributed by atoms with Gasteiger partial charge in [0.25, 0.3) is 0 Å². The zero-order valence-corrected chi connectivity index (χ0v) is 11.3. The summed E-state index contributed by atoms with van der Waals surface area (Å²) in [5.41, 5.74) is 0. The van der Waals surface area contributed by atoms with Gasteiger partial charge < -0.3 is 15.1 Å². The smallest absolute Gasteiger partial charge is 0.222 e. The van der Waals surface area contributed by atoms with Crippen molar-refractivity contribution in [2.24, 2.45) is 0 Å². The molecular formula is C12H27N3O. The lowest BCUT2D eigenvalue weighted by atomic mass is 10.2. The number of rotatable bonds is 9. The maximum atomic E-state index is 11.2. The summed E-state index contributed by atoms with van der Waals surface area (Å²) >= 11 is 0. The van der Waals surface area contributed by atoms with E-state index in [1.807, 2.05) is 0 Å². The summed E-state index contributed by atoms with van der Waals surface area (Å²) < 4.78 is 0. The lowest BCUT2D eigenvalue weighted by molar-refractivity contribution is -0.128. The van der Waals surface area contributed by atoms with E-state index in [0.717, 1.165) is 26.1 Å². The largest absolute Gasteiger partial charge is 0.349 e. The van der Waals surface area contributed by atoms with E-state index in [9.17, 15) is 4.79 Å². The van der Waals surface area contributed by atoms with Crippen LogP contribution in [0.1, 0.15) is 25.7 Å². The molecule has 0 saturated carbocycles. The fourth-order valence-corrected chi connectivity index (χ4v) is 1.39. The van der Waals surface area contributed by atoms with Crippen molar-refractivity contribution in [1.82, 2.24) is 15.1 Å². The molecule has 0 aromatic heterocycles. The van der Waals surface area contributed by atoms with Crippen LogP contribution in [0.25, 0.3) is 0 Å². The van der Waals surface area contributed by atoms with Crippen molar-refractivity contribution in [3.63, 3.8) is 0 Å². The molecule has 0 saturated heterocycles. The van der Waals surface area contributed by atoms with E-state index >= 15 is 0 Å². The standard InChI is InChI=1S/C12H27N3O/c1-14(2)11-6-5-9-13-10-7-8-12(16)15(3)4/h13H,5-11H2,1-4H3. The van der Waals surface area contributed by atoms with Crippen LogP contribution >= 0.6 is 0 Å².